The molecule has 1 aromatic rings. The summed E-state index contributed by atoms with van der Waals surface area (Å²) in [5.74, 6) is -1.62. The van der Waals surface area contributed by atoms with Crippen LogP contribution in [0.25, 0.3) is 0 Å². The van der Waals surface area contributed by atoms with Crippen LogP contribution in [-0.2, 0) is 6.18 Å². The molecule has 0 amide bonds. The molecule has 1 N–H and O–H groups in total. The van der Waals surface area contributed by atoms with Crippen molar-refractivity contribution in [1.82, 2.24) is 15.0 Å². The molecule has 1 aliphatic carbocycles. The summed E-state index contributed by atoms with van der Waals surface area (Å²) in [5, 5.41) is 15.6. The van der Waals surface area contributed by atoms with E-state index in [0.717, 1.165) is 30.4 Å². The van der Waals surface area contributed by atoms with Crippen molar-refractivity contribution in [1.29, 1.82) is 0 Å². The molecule has 0 aromatic carbocycles. The first-order valence-electron chi connectivity index (χ1n) is 6.62. The third kappa shape index (κ3) is 2.64. The number of carbonyl (C=O) groups is 1. The molecular formula is C12H16F3N3O2. The lowest BCUT2D eigenvalue weighted by molar-refractivity contribution is -0.146. The van der Waals surface area contributed by atoms with Gasteiger partial charge in [-0.25, -0.2) is 9.48 Å². The molecule has 0 bridgehead atoms. The smallest absolute Gasteiger partial charge is 0.435 e. The van der Waals surface area contributed by atoms with Crippen molar-refractivity contribution in [2.24, 2.45) is 5.92 Å². The second-order valence-corrected chi connectivity index (χ2v) is 5.05. The van der Waals surface area contributed by atoms with Gasteiger partial charge in [0.25, 0.3) is 0 Å². The van der Waals surface area contributed by atoms with Crippen LogP contribution in [-0.4, -0.2) is 26.1 Å². The van der Waals surface area contributed by atoms with Crippen LogP contribution in [0.1, 0.15) is 61.3 Å². The number of rotatable bonds is 3. The van der Waals surface area contributed by atoms with E-state index in [1.165, 1.54) is 0 Å². The molecule has 1 heterocycles. The number of carboxylic acids is 1. The molecule has 2 rings (SSSR count). The number of carboxylic acid groups (broad SMARTS) is 1. The molecule has 2 unspecified atom stereocenters. The van der Waals surface area contributed by atoms with Gasteiger partial charge in [-0.15, -0.1) is 5.10 Å². The third-order valence-corrected chi connectivity index (χ3v) is 3.87. The number of halogens is 3. The summed E-state index contributed by atoms with van der Waals surface area (Å²) >= 11 is 0. The van der Waals surface area contributed by atoms with E-state index in [9.17, 15) is 18.0 Å². The summed E-state index contributed by atoms with van der Waals surface area (Å²) in [6.45, 7) is 1.92. The number of aromatic nitrogens is 3. The van der Waals surface area contributed by atoms with Crippen molar-refractivity contribution >= 4 is 5.97 Å². The fraction of sp³-hybridized carbons (Fsp3) is 0.750. The van der Waals surface area contributed by atoms with Gasteiger partial charge in [0, 0.05) is 0 Å². The largest absolute Gasteiger partial charge is 0.476 e. The molecule has 8 heteroatoms. The molecule has 1 saturated carbocycles. The lowest BCUT2D eigenvalue weighted by Crippen LogP contribution is -2.28. The Kier molecular flexibility index (Phi) is 4.01. The topological polar surface area (TPSA) is 68.0 Å². The number of nitrogens with zero attached hydrogens (tertiary/aromatic N) is 3. The van der Waals surface area contributed by atoms with Gasteiger partial charge in [0.15, 0.2) is 5.69 Å². The summed E-state index contributed by atoms with van der Waals surface area (Å²) in [5.41, 5.74) is -2.26. The molecule has 1 aliphatic rings. The average molecular weight is 291 g/mol. The van der Waals surface area contributed by atoms with E-state index in [1.54, 1.807) is 0 Å². The Morgan fingerprint density at radius 1 is 1.40 bits per heavy atom. The third-order valence-electron chi connectivity index (χ3n) is 3.87. The highest BCUT2D eigenvalue weighted by Gasteiger charge is 2.44. The van der Waals surface area contributed by atoms with Gasteiger partial charge in [-0.05, 0) is 18.8 Å². The Bertz CT molecular complexity index is 499. The van der Waals surface area contributed by atoms with E-state index >= 15 is 0 Å². The van der Waals surface area contributed by atoms with Gasteiger partial charge in [0.1, 0.15) is 0 Å². The summed E-state index contributed by atoms with van der Waals surface area (Å²) in [4.78, 5) is 10.9. The van der Waals surface area contributed by atoms with Crippen molar-refractivity contribution in [2.75, 3.05) is 0 Å². The first-order chi connectivity index (χ1) is 9.36. The molecule has 5 nitrogen and oxygen atoms in total. The zero-order chi connectivity index (χ0) is 14.9. The molecule has 0 radical (unpaired) electrons. The van der Waals surface area contributed by atoms with Crippen molar-refractivity contribution in [3.8, 4) is 0 Å². The van der Waals surface area contributed by atoms with Crippen LogP contribution in [0.15, 0.2) is 0 Å². The molecule has 0 saturated heterocycles. The van der Waals surface area contributed by atoms with Crippen LogP contribution in [0.4, 0.5) is 13.2 Å². The predicted molar refractivity (Wildman–Crippen MR) is 63.3 cm³/mol. The Balaban J connectivity index is 2.48. The number of aromatic carboxylic acids is 1. The fourth-order valence-corrected chi connectivity index (χ4v) is 2.92. The van der Waals surface area contributed by atoms with Gasteiger partial charge in [-0.3, -0.25) is 0 Å². The summed E-state index contributed by atoms with van der Waals surface area (Å²) < 4.78 is 40.2. The maximum atomic E-state index is 13.1. The van der Waals surface area contributed by atoms with Crippen molar-refractivity contribution < 1.29 is 23.1 Å². The standard InChI is InChI=1S/C12H16F3N3O2/c1-2-7-5-3-4-6-8(7)18-10(12(13,14)15)9(11(19)20)16-17-18/h7-8H,2-6H2,1H3,(H,19,20). The first-order valence-corrected chi connectivity index (χ1v) is 6.62. The summed E-state index contributed by atoms with van der Waals surface area (Å²) in [6.07, 6.45) is -0.820. The van der Waals surface area contributed by atoms with Crippen LogP contribution in [0.5, 0.6) is 0 Å². The van der Waals surface area contributed by atoms with Crippen molar-refractivity contribution in [3.05, 3.63) is 11.4 Å². The normalized spacial score (nSPS) is 23.8. The molecular weight excluding hydrogens is 275 g/mol. The van der Waals surface area contributed by atoms with Crippen molar-refractivity contribution in [2.45, 2.75) is 51.2 Å². The van der Waals surface area contributed by atoms with E-state index in [4.69, 9.17) is 5.11 Å². The van der Waals surface area contributed by atoms with Crippen LogP contribution >= 0.6 is 0 Å². The summed E-state index contributed by atoms with van der Waals surface area (Å²) in [7, 11) is 0. The number of hydrogen-bond acceptors (Lipinski definition) is 3. The maximum Gasteiger partial charge on any atom is 0.435 e. The van der Waals surface area contributed by atoms with E-state index in [0.29, 0.717) is 6.42 Å². The molecule has 20 heavy (non-hydrogen) atoms. The van der Waals surface area contributed by atoms with Crippen LogP contribution < -0.4 is 0 Å². The Morgan fingerprint density at radius 3 is 2.60 bits per heavy atom. The second kappa shape index (κ2) is 5.41. The number of alkyl halides is 3. The Hall–Kier alpha value is -1.60. The van der Waals surface area contributed by atoms with E-state index in [1.807, 2.05) is 6.92 Å². The monoisotopic (exact) mass is 291 g/mol. The van der Waals surface area contributed by atoms with Gasteiger partial charge in [0.2, 0.25) is 5.69 Å². The maximum absolute atomic E-state index is 13.1. The zero-order valence-electron chi connectivity index (χ0n) is 11.0. The minimum atomic E-state index is -4.77. The Morgan fingerprint density at radius 2 is 2.05 bits per heavy atom. The van der Waals surface area contributed by atoms with Crippen molar-refractivity contribution in [3.63, 3.8) is 0 Å². The summed E-state index contributed by atoms with van der Waals surface area (Å²) in [6, 6.07) is -0.425. The highest BCUT2D eigenvalue weighted by Crippen LogP contribution is 2.40. The van der Waals surface area contributed by atoms with Gasteiger partial charge in [-0.1, -0.05) is 31.4 Å². The van der Waals surface area contributed by atoms with Gasteiger partial charge in [-0.2, -0.15) is 13.2 Å². The quantitative estimate of drug-likeness (QED) is 0.929. The molecule has 2 atom stereocenters. The van der Waals surface area contributed by atoms with Crippen LogP contribution in [0, 0.1) is 5.92 Å². The highest BCUT2D eigenvalue weighted by atomic mass is 19.4. The van der Waals surface area contributed by atoms with Crippen LogP contribution in [0.3, 0.4) is 0 Å². The lowest BCUT2D eigenvalue weighted by atomic mass is 9.83. The van der Waals surface area contributed by atoms with Gasteiger partial charge >= 0.3 is 12.1 Å². The molecule has 112 valence electrons. The molecule has 1 fully saturated rings. The Labute approximate surface area is 113 Å². The predicted octanol–water partition coefficient (Wildman–Crippen LogP) is 3.14. The zero-order valence-corrected chi connectivity index (χ0v) is 11.0. The van der Waals surface area contributed by atoms with E-state index in [2.05, 4.69) is 10.3 Å². The van der Waals surface area contributed by atoms with Crippen LogP contribution in [0.2, 0.25) is 0 Å². The number of hydrogen-bond donors (Lipinski definition) is 1. The lowest BCUT2D eigenvalue weighted by Gasteiger charge is -2.31. The first kappa shape index (κ1) is 14.8. The highest BCUT2D eigenvalue weighted by molar-refractivity contribution is 5.86. The molecule has 0 aliphatic heterocycles. The van der Waals surface area contributed by atoms with Gasteiger partial charge in [0.05, 0.1) is 6.04 Å². The minimum absolute atomic E-state index is 0.0770. The molecule has 1 aromatic heterocycles. The second-order valence-electron chi connectivity index (χ2n) is 5.05. The molecule has 0 spiro atoms. The fourth-order valence-electron chi connectivity index (χ4n) is 2.92. The minimum Gasteiger partial charge on any atom is -0.476 e. The van der Waals surface area contributed by atoms with Gasteiger partial charge < -0.3 is 5.11 Å². The average Bonchev–Trinajstić information content (AvgIpc) is 2.83. The van der Waals surface area contributed by atoms with E-state index in [-0.39, 0.29) is 5.92 Å². The SMILES string of the molecule is CCC1CCCCC1n1nnc(C(=O)O)c1C(F)(F)F. The van der Waals surface area contributed by atoms with E-state index < -0.39 is 29.6 Å².